The number of hydrogen-bond donors (Lipinski definition) is 2. The summed E-state index contributed by atoms with van der Waals surface area (Å²) in [5.41, 5.74) is 3.99. The monoisotopic (exact) mass is 296 g/mol. The molecule has 0 bridgehead atoms. The minimum absolute atomic E-state index is 0.0315. The van der Waals surface area contributed by atoms with Crippen LogP contribution in [0.4, 0.5) is 8.78 Å². The zero-order valence-corrected chi connectivity index (χ0v) is 11.9. The molecule has 0 spiro atoms. The Balaban J connectivity index is 1.89. The summed E-state index contributed by atoms with van der Waals surface area (Å²) in [6.45, 7) is 0. The van der Waals surface area contributed by atoms with Crippen molar-refractivity contribution >= 4 is 21.4 Å². The van der Waals surface area contributed by atoms with Gasteiger partial charge in [0.1, 0.15) is 0 Å². The Bertz CT molecular complexity index is 586. The SMILES string of the molecule is NNC(c1cccc2ccsc12)C1CCC(F)(F)CC1. The van der Waals surface area contributed by atoms with Gasteiger partial charge >= 0.3 is 0 Å². The van der Waals surface area contributed by atoms with Crippen LogP contribution in [0.5, 0.6) is 0 Å². The first-order valence-corrected chi connectivity index (χ1v) is 7.79. The number of hydrogen-bond acceptors (Lipinski definition) is 3. The molecule has 1 aromatic carbocycles. The van der Waals surface area contributed by atoms with Crippen molar-refractivity contribution in [1.82, 2.24) is 5.43 Å². The molecular weight excluding hydrogens is 278 g/mol. The summed E-state index contributed by atoms with van der Waals surface area (Å²) in [4.78, 5) is 0. The van der Waals surface area contributed by atoms with Crippen LogP contribution in [0, 0.1) is 5.92 Å². The second-order valence-electron chi connectivity index (χ2n) is 5.52. The van der Waals surface area contributed by atoms with E-state index in [0.29, 0.717) is 12.8 Å². The van der Waals surface area contributed by atoms with E-state index in [1.807, 2.05) is 6.07 Å². The van der Waals surface area contributed by atoms with Gasteiger partial charge in [0.2, 0.25) is 5.92 Å². The molecule has 2 nitrogen and oxygen atoms in total. The van der Waals surface area contributed by atoms with E-state index in [9.17, 15) is 8.78 Å². The van der Waals surface area contributed by atoms with E-state index in [1.165, 1.54) is 10.1 Å². The molecule has 0 saturated heterocycles. The molecule has 20 heavy (non-hydrogen) atoms. The van der Waals surface area contributed by atoms with Gasteiger partial charge in [-0.15, -0.1) is 11.3 Å². The van der Waals surface area contributed by atoms with Crippen LogP contribution in [0.15, 0.2) is 29.6 Å². The van der Waals surface area contributed by atoms with Crippen LogP contribution in [-0.2, 0) is 0 Å². The Labute approximate surface area is 120 Å². The summed E-state index contributed by atoms with van der Waals surface area (Å²) in [5, 5.41) is 3.24. The molecule has 1 aliphatic rings. The maximum atomic E-state index is 13.3. The quantitative estimate of drug-likeness (QED) is 0.657. The van der Waals surface area contributed by atoms with Gasteiger partial charge < -0.3 is 0 Å². The van der Waals surface area contributed by atoms with Crippen molar-refractivity contribution in [1.29, 1.82) is 0 Å². The normalized spacial score (nSPS) is 21.1. The molecule has 1 unspecified atom stereocenters. The number of alkyl halides is 2. The molecule has 3 N–H and O–H groups in total. The molecule has 3 rings (SSSR count). The predicted molar refractivity (Wildman–Crippen MR) is 78.8 cm³/mol. The number of nitrogens with two attached hydrogens (primary N) is 1. The summed E-state index contributed by atoms with van der Waals surface area (Å²) in [6.07, 6.45) is 0.972. The van der Waals surface area contributed by atoms with Crippen molar-refractivity contribution in [2.45, 2.75) is 37.6 Å². The van der Waals surface area contributed by atoms with E-state index in [-0.39, 0.29) is 24.8 Å². The lowest BCUT2D eigenvalue weighted by atomic mass is 9.80. The second kappa shape index (κ2) is 5.39. The van der Waals surface area contributed by atoms with E-state index in [2.05, 4.69) is 29.0 Å². The molecule has 0 radical (unpaired) electrons. The van der Waals surface area contributed by atoms with Gasteiger partial charge in [-0.1, -0.05) is 18.2 Å². The van der Waals surface area contributed by atoms with Gasteiger partial charge in [0.25, 0.3) is 0 Å². The Morgan fingerprint density at radius 3 is 2.70 bits per heavy atom. The number of hydrazine groups is 1. The molecule has 1 aromatic heterocycles. The highest BCUT2D eigenvalue weighted by atomic mass is 32.1. The third-order valence-corrected chi connectivity index (χ3v) is 5.24. The number of halogens is 2. The van der Waals surface area contributed by atoms with Crippen LogP contribution < -0.4 is 11.3 Å². The highest BCUT2D eigenvalue weighted by molar-refractivity contribution is 7.17. The lowest BCUT2D eigenvalue weighted by Crippen LogP contribution is -2.37. The highest BCUT2D eigenvalue weighted by Gasteiger charge is 2.38. The molecule has 108 valence electrons. The van der Waals surface area contributed by atoms with Crippen LogP contribution in [0.25, 0.3) is 10.1 Å². The van der Waals surface area contributed by atoms with E-state index in [4.69, 9.17) is 5.84 Å². The molecule has 1 fully saturated rings. The van der Waals surface area contributed by atoms with Gasteiger partial charge in [0, 0.05) is 17.5 Å². The van der Waals surface area contributed by atoms with Crippen molar-refractivity contribution in [2.75, 3.05) is 0 Å². The van der Waals surface area contributed by atoms with Crippen LogP contribution in [0.2, 0.25) is 0 Å². The molecular formula is C15H18F2N2S. The Morgan fingerprint density at radius 2 is 2.00 bits per heavy atom. The fourth-order valence-corrected chi connectivity index (χ4v) is 4.09. The maximum Gasteiger partial charge on any atom is 0.248 e. The standard InChI is InChI=1S/C15H18F2N2S/c16-15(17)7-4-10(5-8-15)13(19-18)12-3-1-2-11-6-9-20-14(11)12/h1-3,6,9-10,13,19H,4-5,7-8,18H2. The van der Waals surface area contributed by atoms with Crippen molar-refractivity contribution in [3.05, 3.63) is 35.2 Å². The molecule has 5 heteroatoms. The molecule has 1 atom stereocenters. The smallest absolute Gasteiger partial charge is 0.248 e. The Morgan fingerprint density at radius 1 is 1.25 bits per heavy atom. The fourth-order valence-electron chi connectivity index (χ4n) is 3.14. The number of nitrogens with one attached hydrogen (secondary N) is 1. The van der Waals surface area contributed by atoms with Crippen LogP contribution in [0.3, 0.4) is 0 Å². The predicted octanol–water partition coefficient (Wildman–Crippen LogP) is 4.23. The lowest BCUT2D eigenvalue weighted by Gasteiger charge is -2.33. The Kier molecular flexibility index (Phi) is 3.75. The lowest BCUT2D eigenvalue weighted by molar-refractivity contribution is -0.0497. The topological polar surface area (TPSA) is 38.0 Å². The van der Waals surface area contributed by atoms with E-state index < -0.39 is 5.92 Å². The van der Waals surface area contributed by atoms with Gasteiger partial charge in [-0.05, 0) is 41.2 Å². The van der Waals surface area contributed by atoms with Gasteiger partial charge in [-0.3, -0.25) is 11.3 Å². The molecule has 1 saturated carbocycles. The first-order chi connectivity index (χ1) is 9.61. The third-order valence-electron chi connectivity index (χ3n) is 4.26. The number of thiophene rings is 1. The maximum absolute atomic E-state index is 13.3. The molecule has 1 heterocycles. The summed E-state index contributed by atoms with van der Waals surface area (Å²) < 4.78 is 27.8. The van der Waals surface area contributed by atoms with Crippen molar-refractivity contribution < 1.29 is 8.78 Å². The number of benzene rings is 1. The van der Waals surface area contributed by atoms with Gasteiger partial charge in [0.15, 0.2) is 0 Å². The molecule has 2 aromatic rings. The average Bonchev–Trinajstić information content (AvgIpc) is 2.90. The van der Waals surface area contributed by atoms with Crippen molar-refractivity contribution in [2.24, 2.45) is 11.8 Å². The molecule has 0 amide bonds. The summed E-state index contributed by atoms with van der Waals surface area (Å²) in [6, 6.07) is 8.15. The first kappa shape index (κ1) is 13.9. The third kappa shape index (κ3) is 2.57. The zero-order chi connectivity index (χ0) is 14.2. The number of fused-ring (bicyclic) bond motifs is 1. The highest BCUT2D eigenvalue weighted by Crippen LogP contribution is 2.42. The molecule has 1 aliphatic carbocycles. The van der Waals surface area contributed by atoms with E-state index in [0.717, 1.165) is 5.56 Å². The summed E-state index contributed by atoms with van der Waals surface area (Å²) in [5.74, 6) is 3.41. The first-order valence-electron chi connectivity index (χ1n) is 6.91. The average molecular weight is 296 g/mol. The molecule has 0 aliphatic heterocycles. The fraction of sp³-hybridized carbons (Fsp3) is 0.467. The zero-order valence-electron chi connectivity index (χ0n) is 11.1. The Hall–Kier alpha value is -1.04. The summed E-state index contributed by atoms with van der Waals surface area (Å²) >= 11 is 1.68. The largest absolute Gasteiger partial charge is 0.271 e. The second-order valence-corrected chi connectivity index (χ2v) is 6.44. The van der Waals surface area contributed by atoms with Gasteiger partial charge in [0.05, 0.1) is 6.04 Å². The van der Waals surface area contributed by atoms with Gasteiger partial charge in [-0.2, -0.15) is 0 Å². The van der Waals surface area contributed by atoms with E-state index >= 15 is 0 Å². The number of rotatable bonds is 3. The minimum Gasteiger partial charge on any atom is -0.271 e. The van der Waals surface area contributed by atoms with Crippen LogP contribution >= 0.6 is 11.3 Å². The van der Waals surface area contributed by atoms with E-state index in [1.54, 1.807) is 11.3 Å². The van der Waals surface area contributed by atoms with Crippen LogP contribution in [0.1, 0.15) is 37.3 Å². The van der Waals surface area contributed by atoms with Crippen molar-refractivity contribution in [3.63, 3.8) is 0 Å². The van der Waals surface area contributed by atoms with Crippen LogP contribution in [-0.4, -0.2) is 5.92 Å². The van der Waals surface area contributed by atoms with Crippen molar-refractivity contribution in [3.8, 4) is 0 Å². The summed E-state index contributed by atoms with van der Waals surface area (Å²) in [7, 11) is 0. The minimum atomic E-state index is -2.50. The van der Waals surface area contributed by atoms with Gasteiger partial charge in [-0.25, -0.2) is 8.78 Å².